The summed E-state index contributed by atoms with van der Waals surface area (Å²) in [5.74, 6) is -1.53. The van der Waals surface area contributed by atoms with Gasteiger partial charge >= 0.3 is 18.0 Å². The summed E-state index contributed by atoms with van der Waals surface area (Å²) in [5.41, 5.74) is 4.82. The van der Waals surface area contributed by atoms with E-state index in [4.69, 9.17) is 10.8 Å². The first-order valence-electron chi connectivity index (χ1n) is 5.25. The Hall–Kier alpha value is -1.99. The number of urea groups is 2. The van der Waals surface area contributed by atoms with E-state index >= 15 is 0 Å². The maximum atomic E-state index is 11.2. The van der Waals surface area contributed by atoms with Crippen LogP contribution >= 0.6 is 0 Å². The van der Waals surface area contributed by atoms with Crippen LogP contribution in [0.15, 0.2) is 0 Å². The number of carbonyl (C=O) groups is 3. The number of rotatable bonds is 7. The van der Waals surface area contributed by atoms with Gasteiger partial charge in [0, 0.05) is 19.6 Å². The Bertz CT molecular complexity index is 282. The van der Waals surface area contributed by atoms with Crippen LogP contribution in [-0.2, 0) is 4.79 Å². The molecule has 98 valence electrons. The second kappa shape index (κ2) is 8.20. The van der Waals surface area contributed by atoms with Gasteiger partial charge in [-0.15, -0.1) is 0 Å². The van der Waals surface area contributed by atoms with Crippen LogP contribution < -0.4 is 21.7 Å². The van der Waals surface area contributed by atoms with Crippen molar-refractivity contribution in [3.63, 3.8) is 0 Å². The van der Waals surface area contributed by atoms with Crippen LogP contribution in [-0.4, -0.2) is 42.8 Å². The molecule has 6 N–H and O–H groups in total. The molecule has 0 rings (SSSR count). The second-order valence-electron chi connectivity index (χ2n) is 3.37. The topological polar surface area (TPSA) is 134 Å². The Balaban J connectivity index is 3.65. The highest BCUT2D eigenvalue weighted by Crippen LogP contribution is 1.99. The minimum atomic E-state index is -0.941. The number of primary amides is 1. The molecule has 0 aliphatic rings. The van der Waals surface area contributed by atoms with E-state index in [9.17, 15) is 14.4 Å². The molecule has 0 spiro atoms. The summed E-state index contributed by atoms with van der Waals surface area (Å²) in [6.45, 7) is 2.24. The van der Waals surface area contributed by atoms with Gasteiger partial charge in [-0.3, -0.25) is 4.79 Å². The van der Waals surface area contributed by atoms with Gasteiger partial charge in [-0.25, -0.2) is 9.59 Å². The van der Waals surface area contributed by atoms with E-state index in [1.54, 1.807) is 6.92 Å². The quantitative estimate of drug-likeness (QED) is 0.371. The van der Waals surface area contributed by atoms with Crippen molar-refractivity contribution in [3.8, 4) is 0 Å². The van der Waals surface area contributed by atoms with Crippen LogP contribution in [0.3, 0.4) is 0 Å². The Morgan fingerprint density at radius 3 is 2.24 bits per heavy atom. The van der Waals surface area contributed by atoms with Crippen molar-refractivity contribution in [2.75, 3.05) is 19.6 Å². The molecule has 0 bridgehead atoms. The molecule has 17 heavy (non-hydrogen) atoms. The highest BCUT2D eigenvalue weighted by atomic mass is 16.4. The van der Waals surface area contributed by atoms with Gasteiger partial charge in [-0.1, -0.05) is 6.92 Å². The fraction of sp³-hybridized carbons (Fsp3) is 0.667. The van der Waals surface area contributed by atoms with Crippen molar-refractivity contribution in [1.29, 1.82) is 0 Å². The zero-order chi connectivity index (χ0) is 13.3. The Morgan fingerprint density at radius 2 is 1.76 bits per heavy atom. The number of carboxylic acids is 1. The molecular formula is C9H18N4O4. The molecular weight excluding hydrogens is 228 g/mol. The molecule has 0 aliphatic heterocycles. The van der Waals surface area contributed by atoms with Crippen LogP contribution in [0.4, 0.5) is 9.59 Å². The third-order valence-electron chi connectivity index (χ3n) is 2.06. The van der Waals surface area contributed by atoms with E-state index in [1.807, 2.05) is 0 Å². The van der Waals surface area contributed by atoms with Gasteiger partial charge in [0.05, 0.1) is 5.92 Å². The number of carboxylic acid groups (broad SMARTS) is 1. The van der Waals surface area contributed by atoms with Crippen molar-refractivity contribution in [3.05, 3.63) is 0 Å². The SMILES string of the molecule is CCC(CNC(=O)NCCNC(N)=O)C(=O)O. The Morgan fingerprint density at radius 1 is 1.18 bits per heavy atom. The predicted molar refractivity (Wildman–Crippen MR) is 60.4 cm³/mol. The van der Waals surface area contributed by atoms with Gasteiger partial charge < -0.3 is 26.8 Å². The summed E-state index contributed by atoms with van der Waals surface area (Å²) in [6, 6.07) is -1.14. The lowest BCUT2D eigenvalue weighted by Gasteiger charge is -2.11. The lowest BCUT2D eigenvalue weighted by atomic mass is 10.1. The average Bonchev–Trinajstić information content (AvgIpc) is 2.24. The van der Waals surface area contributed by atoms with E-state index in [0.29, 0.717) is 6.42 Å². The fourth-order valence-electron chi connectivity index (χ4n) is 1.05. The molecule has 0 saturated carbocycles. The molecule has 8 heteroatoms. The summed E-state index contributed by atoms with van der Waals surface area (Å²) in [7, 11) is 0. The van der Waals surface area contributed by atoms with Crippen LogP contribution in [0.5, 0.6) is 0 Å². The minimum absolute atomic E-state index is 0.0704. The van der Waals surface area contributed by atoms with Crippen molar-refractivity contribution in [1.82, 2.24) is 16.0 Å². The molecule has 0 aromatic heterocycles. The third kappa shape index (κ3) is 7.88. The number of hydrogen-bond acceptors (Lipinski definition) is 3. The Kier molecular flexibility index (Phi) is 7.24. The van der Waals surface area contributed by atoms with Crippen LogP contribution in [0, 0.1) is 5.92 Å². The third-order valence-corrected chi connectivity index (χ3v) is 2.06. The summed E-state index contributed by atoms with van der Waals surface area (Å²) in [6.07, 6.45) is 0.443. The number of hydrogen-bond donors (Lipinski definition) is 5. The van der Waals surface area contributed by atoms with E-state index in [-0.39, 0.29) is 19.6 Å². The second-order valence-corrected chi connectivity index (χ2v) is 3.37. The van der Waals surface area contributed by atoms with E-state index in [1.165, 1.54) is 0 Å². The first kappa shape index (κ1) is 15.0. The molecule has 4 amide bonds. The van der Waals surface area contributed by atoms with Gasteiger partial charge in [0.2, 0.25) is 0 Å². The minimum Gasteiger partial charge on any atom is -0.481 e. The molecule has 0 aromatic carbocycles. The number of carbonyl (C=O) groups excluding carboxylic acids is 2. The molecule has 0 aromatic rings. The van der Waals surface area contributed by atoms with Gasteiger partial charge in [-0.2, -0.15) is 0 Å². The summed E-state index contributed by atoms with van der Waals surface area (Å²) in [5, 5.41) is 15.9. The average molecular weight is 246 g/mol. The van der Waals surface area contributed by atoms with E-state index in [2.05, 4.69) is 16.0 Å². The lowest BCUT2D eigenvalue weighted by Crippen LogP contribution is -2.43. The largest absolute Gasteiger partial charge is 0.481 e. The number of nitrogens with two attached hydrogens (primary N) is 1. The zero-order valence-corrected chi connectivity index (χ0v) is 9.66. The first-order valence-corrected chi connectivity index (χ1v) is 5.25. The lowest BCUT2D eigenvalue weighted by molar-refractivity contribution is -0.141. The molecule has 8 nitrogen and oxygen atoms in total. The maximum absolute atomic E-state index is 11.2. The van der Waals surface area contributed by atoms with Gasteiger partial charge in [0.25, 0.3) is 0 Å². The number of amides is 4. The molecule has 1 unspecified atom stereocenters. The fourth-order valence-corrected chi connectivity index (χ4v) is 1.05. The Labute approximate surface area is 98.9 Å². The first-order chi connectivity index (χ1) is 7.97. The van der Waals surface area contributed by atoms with Gasteiger partial charge in [0.1, 0.15) is 0 Å². The number of aliphatic carboxylic acids is 1. The van der Waals surface area contributed by atoms with Crippen molar-refractivity contribution >= 4 is 18.0 Å². The highest BCUT2D eigenvalue weighted by Gasteiger charge is 2.15. The monoisotopic (exact) mass is 246 g/mol. The molecule has 0 fully saturated rings. The molecule has 0 radical (unpaired) electrons. The molecule has 0 heterocycles. The van der Waals surface area contributed by atoms with Crippen LogP contribution in [0.1, 0.15) is 13.3 Å². The highest BCUT2D eigenvalue weighted by molar-refractivity contribution is 5.76. The van der Waals surface area contributed by atoms with Gasteiger partial charge in [0.15, 0.2) is 0 Å². The zero-order valence-electron chi connectivity index (χ0n) is 9.66. The van der Waals surface area contributed by atoms with E-state index < -0.39 is 23.9 Å². The van der Waals surface area contributed by atoms with E-state index in [0.717, 1.165) is 0 Å². The predicted octanol–water partition coefficient (Wildman–Crippen LogP) is -0.935. The maximum Gasteiger partial charge on any atom is 0.314 e. The summed E-state index contributed by atoms with van der Waals surface area (Å²) < 4.78 is 0. The molecule has 1 atom stereocenters. The summed E-state index contributed by atoms with van der Waals surface area (Å²) >= 11 is 0. The molecule has 0 aliphatic carbocycles. The standard InChI is InChI=1S/C9H18N4O4/c1-2-6(7(14)15)5-13-9(17)12-4-3-11-8(10)16/h6H,2-5H2,1H3,(H,14,15)(H3,10,11,16)(H2,12,13,17). The van der Waals surface area contributed by atoms with Crippen molar-refractivity contribution < 1.29 is 19.5 Å². The van der Waals surface area contributed by atoms with Crippen LogP contribution in [0.25, 0.3) is 0 Å². The summed E-state index contributed by atoms with van der Waals surface area (Å²) in [4.78, 5) is 32.1. The normalized spacial score (nSPS) is 11.4. The number of nitrogens with one attached hydrogen (secondary N) is 3. The smallest absolute Gasteiger partial charge is 0.314 e. The van der Waals surface area contributed by atoms with Crippen LogP contribution in [0.2, 0.25) is 0 Å². The van der Waals surface area contributed by atoms with Crippen molar-refractivity contribution in [2.24, 2.45) is 11.7 Å². The van der Waals surface area contributed by atoms with Gasteiger partial charge in [-0.05, 0) is 6.42 Å². The molecule has 0 saturated heterocycles. The van der Waals surface area contributed by atoms with Crippen molar-refractivity contribution in [2.45, 2.75) is 13.3 Å².